The third-order valence-electron chi connectivity index (χ3n) is 3.10. The second-order valence-electron chi connectivity index (χ2n) is 4.52. The predicted octanol–water partition coefficient (Wildman–Crippen LogP) is 1.07. The second-order valence-corrected chi connectivity index (χ2v) is 6.25. The Bertz CT molecular complexity index is 787. The Hall–Kier alpha value is -2.00. The molecular weight excluding hydrogens is 302 g/mol. The van der Waals surface area contributed by atoms with Crippen LogP contribution in [0.25, 0.3) is 0 Å². The van der Waals surface area contributed by atoms with Crippen LogP contribution < -0.4 is 10.5 Å². The van der Waals surface area contributed by atoms with Crippen molar-refractivity contribution in [2.24, 2.45) is 7.05 Å². The van der Waals surface area contributed by atoms with E-state index >= 15 is 0 Å². The standard InChI is InChI=1S/C12H14F2N4O2S/c1-7-8(5-16-18(7)2)6-17-21(19,20)11-4-9(15)3-10(13)12(11)14/h3-5,17H,6,15H2,1-2H3. The Kier molecular flexibility index (Phi) is 3.97. The Morgan fingerprint density at radius 2 is 2.05 bits per heavy atom. The van der Waals surface area contributed by atoms with E-state index in [0.717, 1.165) is 17.8 Å². The van der Waals surface area contributed by atoms with Crippen LogP contribution in [0.3, 0.4) is 0 Å². The highest BCUT2D eigenvalue weighted by Gasteiger charge is 2.23. The van der Waals surface area contributed by atoms with E-state index in [-0.39, 0.29) is 12.2 Å². The average Bonchev–Trinajstić information content (AvgIpc) is 2.72. The number of hydrogen-bond donors (Lipinski definition) is 2. The molecule has 9 heteroatoms. The van der Waals surface area contributed by atoms with Crippen molar-refractivity contribution in [2.75, 3.05) is 5.73 Å². The second kappa shape index (κ2) is 5.41. The van der Waals surface area contributed by atoms with E-state index < -0.39 is 26.6 Å². The van der Waals surface area contributed by atoms with E-state index in [4.69, 9.17) is 5.73 Å². The van der Waals surface area contributed by atoms with Gasteiger partial charge >= 0.3 is 0 Å². The molecule has 0 bridgehead atoms. The Morgan fingerprint density at radius 1 is 1.38 bits per heavy atom. The molecule has 0 aliphatic rings. The van der Waals surface area contributed by atoms with E-state index in [0.29, 0.717) is 5.56 Å². The van der Waals surface area contributed by atoms with E-state index in [2.05, 4.69) is 9.82 Å². The first-order valence-electron chi connectivity index (χ1n) is 5.94. The van der Waals surface area contributed by atoms with Gasteiger partial charge in [-0.05, 0) is 19.1 Å². The van der Waals surface area contributed by atoms with E-state index in [1.54, 1.807) is 18.7 Å². The number of nitrogens with zero attached hydrogens (tertiary/aromatic N) is 2. The van der Waals surface area contributed by atoms with Crippen LogP contribution in [-0.2, 0) is 23.6 Å². The van der Waals surface area contributed by atoms with Gasteiger partial charge in [0.15, 0.2) is 11.6 Å². The number of nitrogen functional groups attached to an aromatic ring is 1. The average molecular weight is 316 g/mol. The normalized spacial score (nSPS) is 11.8. The molecule has 3 N–H and O–H groups in total. The molecule has 0 aliphatic carbocycles. The fraction of sp³-hybridized carbons (Fsp3) is 0.250. The number of benzene rings is 1. The maximum Gasteiger partial charge on any atom is 0.243 e. The van der Waals surface area contributed by atoms with Crippen LogP contribution in [-0.4, -0.2) is 18.2 Å². The van der Waals surface area contributed by atoms with Gasteiger partial charge in [0.1, 0.15) is 4.90 Å². The van der Waals surface area contributed by atoms with Crippen LogP contribution in [0.4, 0.5) is 14.5 Å². The lowest BCUT2D eigenvalue weighted by Gasteiger charge is -2.09. The minimum absolute atomic E-state index is 0.0855. The summed E-state index contributed by atoms with van der Waals surface area (Å²) in [5, 5.41) is 3.96. The summed E-state index contributed by atoms with van der Waals surface area (Å²) in [6, 6.07) is 1.59. The summed E-state index contributed by atoms with van der Waals surface area (Å²) in [5.41, 5.74) is 6.56. The van der Waals surface area contributed by atoms with Crippen LogP contribution in [0, 0.1) is 18.6 Å². The number of sulfonamides is 1. The van der Waals surface area contributed by atoms with E-state index in [9.17, 15) is 17.2 Å². The molecule has 0 aliphatic heterocycles. The number of anilines is 1. The lowest BCUT2D eigenvalue weighted by atomic mass is 10.3. The highest BCUT2D eigenvalue weighted by Crippen LogP contribution is 2.21. The van der Waals surface area contributed by atoms with Crippen molar-refractivity contribution in [3.8, 4) is 0 Å². The summed E-state index contributed by atoms with van der Waals surface area (Å²) in [4.78, 5) is -0.818. The van der Waals surface area contributed by atoms with Gasteiger partial charge in [0, 0.05) is 30.5 Å². The molecule has 0 saturated carbocycles. The van der Waals surface area contributed by atoms with Crippen molar-refractivity contribution in [3.63, 3.8) is 0 Å². The van der Waals surface area contributed by atoms with Crippen LogP contribution >= 0.6 is 0 Å². The molecule has 0 radical (unpaired) electrons. The third-order valence-corrected chi connectivity index (χ3v) is 4.50. The molecule has 1 aromatic heterocycles. The maximum absolute atomic E-state index is 13.6. The van der Waals surface area contributed by atoms with Gasteiger partial charge in [-0.3, -0.25) is 4.68 Å². The Labute approximate surface area is 120 Å². The molecule has 2 aromatic rings. The molecule has 0 amide bonds. The van der Waals surface area contributed by atoms with Crippen molar-refractivity contribution in [1.82, 2.24) is 14.5 Å². The molecule has 0 atom stereocenters. The van der Waals surface area contributed by atoms with E-state index in [1.165, 1.54) is 6.20 Å². The molecule has 2 rings (SSSR count). The molecule has 114 valence electrons. The lowest BCUT2D eigenvalue weighted by Crippen LogP contribution is -2.25. The number of rotatable bonds is 4. The minimum Gasteiger partial charge on any atom is -0.399 e. The molecule has 1 heterocycles. The molecule has 0 saturated heterocycles. The van der Waals surface area contributed by atoms with Gasteiger partial charge < -0.3 is 5.73 Å². The third kappa shape index (κ3) is 3.03. The number of hydrogen-bond acceptors (Lipinski definition) is 4. The van der Waals surface area contributed by atoms with Crippen molar-refractivity contribution in [2.45, 2.75) is 18.4 Å². The molecule has 6 nitrogen and oxygen atoms in total. The zero-order valence-corrected chi connectivity index (χ0v) is 12.2. The van der Waals surface area contributed by atoms with Gasteiger partial charge in [-0.25, -0.2) is 21.9 Å². The monoisotopic (exact) mass is 316 g/mol. The van der Waals surface area contributed by atoms with Gasteiger partial charge in [-0.1, -0.05) is 0 Å². The SMILES string of the molecule is Cc1c(CNS(=O)(=O)c2cc(N)cc(F)c2F)cnn1C. The first-order chi connectivity index (χ1) is 9.72. The molecule has 0 unspecified atom stereocenters. The summed E-state index contributed by atoms with van der Waals surface area (Å²) in [6.45, 7) is 1.68. The van der Waals surface area contributed by atoms with Gasteiger partial charge in [-0.2, -0.15) is 5.10 Å². The van der Waals surface area contributed by atoms with Crippen LogP contribution in [0.2, 0.25) is 0 Å². The fourth-order valence-electron chi connectivity index (χ4n) is 1.75. The van der Waals surface area contributed by atoms with Crippen LogP contribution in [0.1, 0.15) is 11.3 Å². The highest BCUT2D eigenvalue weighted by molar-refractivity contribution is 7.89. The Morgan fingerprint density at radius 3 is 2.62 bits per heavy atom. The molecular formula is C12H14F2N4O2S. The van der Waals surface area contributed by atoms with Crippen molar-refractivity contribution in [1.29, 1.82) is 0 Å². The maximum atomic E-state index is 13.6. The lowest BCUT2D eigenvalue weighted by molar-refractivity contribution is 0.483. The van der Waals surface area contributed by atoms with Crippen LogP contribution in [0.5, 0.6) is 0 Å². The summed E-state index contributed by atoms with van der Waals surface area (Å²) >= 11 is 0. The van der Waals surface area contributed by atoms with Crippen molar-refractivity contribution in [3.05, 3.63) is 41.2 Å². The van der Waals surface area contributed by atoms with Crippen molar-refractivity contribution >= 4 is 15.7 Å². The number of aryl methyl sites for hydroxylation is 1. The summed E-state index contributed by atoms with van der Waals surface area (Å²) < 4.78 is 54.7. The predicted molar refractivity (Wildman–Crippen MR) is 72.7 cm³/mol. The van der Waals surface area contributed by atoms with Gasteiger partial charge in [0.05, 0.1) is 6.20 Å². The summed E-state index contributed by atoms with van der Waals surface area (Å²) in [5.74, 6) is -2.77. The topological polar surface area (TPSA) is 90.0 Å². The highest BCUT2D eigenvalue weighted by atomic mass is 32.2. The number of aromatic nitrogens is 2. The first-order valence-corrected chi connectivity index (χ1v) is 7.42. The first kappa shape index (κ1) is 15.4. The Balaban J connectivity index is 2.29. The van der Waals surface area contributed by atoms with Crippen molar-refractivity contribution < 1.29 is 17.2 Å². The molecule has 1 aromatic carbocycles. The molecule has 0 spiro atoms. The number of nitrogens with one attached hydrogen (secondary N) is 1. The zero-order valence-electron chi connectivity index (χ0n) is 11.4. The van der Waals surface area contributed by atoms with Gasteiger partial charge in [-0.15, -0.1) is 0 Å². The van der Waals surface area contributed by atoms with Crippen LogP contribution in [0.15, 0.2) is 23.2 Å². The molecule has 0 fully saturated rings. The van der Waals surface area contributed by atoms with Gasteiger partial charge in [0.25, 0.3) is 0 Å². The van der Waals surface area contributed by atoms with E-state index in [1.807, 2.05) is 0 Å². The largest absolute Gasteiger partial charge is 0.399 e. The summed E-state index contributed by atoms with van der Waals surface area (Å²) in [6.07, 6.45) is 1.49. The number of nitrogens with two attached hydrogens (primary N) is 1. The zero-order chi connectivity index (χ0) is 15.8. The molecule has 21 heavy (non-hydrogen) atoms. The fourth-order valence-corrected chi connectivity index (χ4v) is 2.87. The smallest absolute Gasteiger partial charge is 0.243 e. The minimum atomic E-state index is -4.22. The van der Waals surface area contributed by atoms with Gasteiger partial charge in [0.2, 0.25) is 10.0 Å². The quantitative estimate of drug-likeness (QED) is 0.826. The number of halogens is 2. The summed E-state index contributed by atoms with van der Waals surface area (Å²) in [7, 11) is -2.52.